The van der Waals surface area contributed by atoms with Crippen LogP contribution >= 0.6 is 15.9 Å². The molecule has 0 radical (unpaired) electrons. The quantitative estimate of drug-likeness (QED) is 0.423. The molecule has 1 aromatic carbocycles. The van der Waals surface area contributed by atoms with Crippen molar-refractivity contribution in [2.75, 3.05) is 25.6 Å². The molecule has 0 unspecified atom stereocenters. The predicted octanol–water partition coefficient (Wildman–Crippen LogP) is 3.67. The van der Waals surface area contributed by atoms with E-state index >= 15 is 0 Å². The van der Waals surface area contributed by atoms with E-state index in [1.807, 2.05) is 22.7 Å². The summed E-state index contributed by atoms with van der Waals surface area (Å²) in [4.78, 5) is 27.8. The van der Waals surface area contributed by atoms with Gasteiger partial charge in [0.05, 0.1) is 13.7 Å². The lowest BCUT2D eigenvalue weighted by atomic mass is 10.1. The number of hydrogen-bond donors (Lipinski definition) is 1. The number of methoxy groups -OCH3 is 1. The van der Waals surface area contributed by atoms with Crippen LogP contribution in [0.2, 0.25) is 0 Å². The summed E-state index contributed by atoms with van der Waals surface area (Å²) in [5, 5.41) is 3.11. The van der Waals surface area contributed by atoms with Crippen molar-refractivity contribution in [2.24, 2.45) is 0 Å². The van der Waals surface area contributed by atoms with Gasteiger partial charge in [-0.2, -0.15) is 0 Å². The van der Waals surface area contributed by atoms with E-state index < -0.39 is 5.97 Å². The van der Waals surface area contributed by atoms with Gasteiger partial charge < -0.3 is 19.5 Å². The number of nitrogens with zero attached hydrogens (tertiary/aromatic N) is 2. The first-order valence-electron chi connectivity index (χ1n) is 8.86. The van der Waals surface area contributed by atoms with Crippen LogP contribution in [0, 0.1) is 0 Å². The van der Waals surface area contributed by atoms with Gasteiger partial charge in [0, 0.05) is 23.2 Å². The van der Waals surface area contributed by atoms with Gasteiger partial charge in [-0.25, -0.2) is 4.98 Å². The molecule has 0 fully saturated rings. The van der Waals surface area contributed by atoms with Gasteiger partial charge in [0.25, 0.3) is 0 Å². The fraction of sp³-hybridized carbons (Fsp3) is 0.250. The Bertz CT molecular complexity index is 1060. The van der Waals surface area contributed by atoms with Crippen molar-refractivity contribution in [3.63, 3.8) is 0 Å². The van der Waals surface area contributed by atoms with E-state index in [2.05, 4.69) is 26.2 Å². The number of pyridine rings is 1. The van der Waals surface area contributed by atoms with E-state index in [4.69, 9.17) is 14.2 Å². The fourth-order valence-electron chi connectivity index (χ4n) is 2.81. The third-order valence-corrected chi connectivity index (χ3v) is 4.45. The molecule has 0 amide bonds. The minimum Gasteiger partial charge on any atom is -0.493 e. The third-order valence-electron chi connectivity index (χ3n) is 3.98. The molecule has 0 aliphatic rings. The molecule has 0 aliphatic heterocycles. The molecule has 0 spiro atoms. The maximum Gasteiger partial charge on any atom is 0.325 e. The molecule has 0 aliphatic carbocycles. The monoisotopic (exact) mass is 461 g/mol. The Kier molecular flexibility index (Phi) is 6.38. The highest BCUT2D eigenvalue weighted by atomic mass is 79.9. The highest BCUT2D eigenvalue weighted by Crippen LogP contribution is 2.36. The number of aromatic nitrogens is 2. The maximum absolute atomic E-state index is 11.8. The van der Waals surface area contributed by atoms with Gasteiger partial charge >= 0.3 is 11.9 Å². The molecule has 2 heterocycles. The second kappa shape index (κ2) is 8.95. The number of benzene rings is 1. The first kappa shape index (κ1) is 20.7. The molecule has 152 valence electrons. The number of ether oxygens (including phenoxy) is 3. The van der Waals surface area contributed by atoms with Gasteiger partial charge in [0.2, 0.25) is 0 Å². The Labute approximate surface area is 175 Å². The first-order valence-corrected chi connectivity index (χ1v) is 9.66. The van der Waals surface area contributed by atoms with Gasteiger partial charge in [0.1, 0.15) is 23.7 Å². The summed E-state index contributed by atoms with van der Waals surface area (Å²) in [6.45, 7) is 3.38. The van der Waals surface area contributed by atoms with Crippen molar-refractivity contribution in [3.8, 4) is 22.8 Å². The van der Waals surface area contributed by atoms with E-state index in [0.29, 0.717) is 35.3 Å². The Morgan fingerprint density at radius 3 is 2.69 bits per heavy atom. The second-order valence-corrected chi connectivity index (χ2v) is 6.92. The number of carbonyl (C=O) groups excluding carboxylic acids is 2. The fourth-order valence-corrected chi connectivity index (χ4v) is 3.15. The predicted molar refractivity (Wildman–Crippen MR) is 111 cm³/mol. The topological polar surface area (TPSA) is 91.2 Å². The standard InChI is InChI=1S/C20H20BrN3O5/c1-4-28-18(26)10-22-20-19(23-17-8-6-14(21)11-24(17)20)13-5-7-15(29-12(2)25)16(9-13)27-3/h5-9,11,22H,4,10H2,1-3H3. The van der Waals surface area contributed by atoms with Crippen LogP contribution in [0.3, 0.4) is 0 Å². The highest BCUT2D eigenvalue weighted by molar-refractivity contribution is 9.10. The first-order chi connectivity index (χ1) is 13.9. The number of esters is 2. The zero-order chi connectivity index (χ0) is 21.0. The summed E-state index contributed by atoms with van der Waals surface area (Å²) < 4.78 is 18.2. The average Bonchev–Trinajstić information content (AvgIpc) is 3.04. The molecule has 8 nitrogen and oxygen atoms in total. The van der Waals surface area contributed by atoms with Gasteiger partial charge in [-0.15, -0.1) is 0 Å². The summed E-state index contributed by atoms with van der Waals surface area (Å²) in [5.74, 6) is 0.525. The van der Waals surface area contributed by atoms with Crippen LogP contribution in [0.4, 0.5) is 5.82 Å². The number of hydrogen-bond acceptors (Lipinski definition) is 7. The van der Waals surface area contributed by atoms with Gasteiger partial charge in [-0.05, 0) is 53.2 Å². The molecule has 3 aromatic rings. The Hall–Kier alpha value is -3.07. The van der Waals surface area contributed by atoms with Crippen LogP contribution in [-0.4, -0.2) is 41.6 Å². The number of imidazole rings is 1. The van der Waals surface area contributed by atoms with Crippen molar-refractivity contribution in [2.45, 2.75) is 13.8 Å². The molecule has 2 aromatic heterocycles. The average molecular weight is 462 g/mol. The molecular formula is C20H20BrN3O5. The Balaban J connectivity index is 2.07. The lowest BCUT2D eigenvalue weighted by Gasteiger charge is -2.11. The van der Waals surface area contributed by atoms with Crippen molar-refractivity contribution in [1.29, 1.82) is 0 Å². The smallest absolute Gasteiger partial charge is 0.325 e. The van der Waals surface area contributed by atoms with E-state index in [0.717, 1.165) is 10.0 Å². The van der Waals surface area contributed by atoms with Crippen LogP contribution in [0.25, 0.3) is 16.9 Å². The number of anilines is 1. The molecule has 1 N–H and O–H groups in total. The van der Waals surface area contributed by atoms with Crippen molar-refractivity contribution >= 4 is 39.3 Å². The summed E-state index contributed by atoms with van der Waals surface area (Å²) in [6.07, 6.45) is 1.85. The Morgan fingerprint density at radius 2 is 2.00 bits per heavy atom. The number of nitrogens with one attached hydrogen (secondary N) is 1. The van der Waals surface area contributed by atoms with Gasteiger partial charge in [0.15, 0.2) is 11.5 Å². The van der Waals surface area contributed by atoms with Crippen LogP contribution in [0.1, 0.15) is 13.8 Å². The molecule has 9 heteroatoms. The van der Waals surface area contributed by atoms with Gasteiger partial charge in [-0.1, -0.05) is 0 Å². The molecule has 0 saturated carbocycles. The number of fused-ring (bicyclic) bond motifs is 1. The maximum atomic E-state index is 11.8. The summed E-state index contributed by atoms with van der Waals surface area (Å²) in [5.41, 5.74) is 2.03. The minimum atomic E-state index is -0.439. The van der Waals surface area contributed by atoms with E-state index in [1.54, 1.807) is 25.1 Å². The van der Waals surface area contributed by atoms with Crippen molar-refractivity contribution < 1.29 is 23.8 Å². The van der Waals surface area contributed by atoms with Crippen molar-refractivity contribution in [3.05, 3.63) is 41.0 Å². The number of carbonyl (C=O) groups is 2. The van der Waals surface area contributed by atoms with Crippen LogP contribution < -0.4 is 14.8 Å². The Morgan fingerprint density at radius 1 is 1.21 bits per heavy atom. The molecule has 3 rings (SSSR count). The van der Waals surface area contributed by atoms with Crippen molar-refractivity contribution in [1.82, 2.24) is 9.38 Å². The van der Waals surface area contributed by atoms with E-state index in [9.17, 15) is 9.59 Å². The molecule has 29 heavy (non-hydrogen) atoms. The van der Waals surface area contributed by atoms with Crippen LogP contribution in [0.15, 0.2) is 41.0 Å². The largest absolute Gasteiger partial charge is 0.493 e. The zero-order valence-electron chi connectivity index (χ0n) is 16.2. The summed E-state index contributed by atoms with van der Waals surface area (Å²) in [7, 11) is 1.49. The minimum absolute atomic E-state index is 0.0101. The number of rotatable bonds is 7. The number of halogens is 1. The molecule has 0 atom stereocenters. The summed E-state index contributed by atoms with van der Waals surface area (Å²) in [6, 6.07) is 8.88. The lowest BCUT2D eigenvalue weighted by molar-refractivity contribution is -0.141. The van der Waals surface area contributed by atoms with Gasteiger partial charge in [-0.3, -0.25) is 14.0 Å². The molecule has 0 bridgehead atoms. The summed E-state index contributed by atoms with van der Waals surface area (Å²) >= 11 is 3.46. The third kappa shape index (κ3) is 4.68. The lowest BCUT2D eigenvalue weighted by Crippen LogP contribution is -2.17. The van der Waals surface area contributed by atoms with E-state index in [1.165, 1.54) is 14.0 Å². The van der Waals surface area contributed by atoms with Crippen LogP contribution in [-0.2, 0) is 14.3 Å². The molecular weight excluding hydrogens is 442 g/mol. The zero-order valence-corrected chi connectivity index (χ0v) is 17.8. The normalized spacial score (nSPS) is 10.6. The van der Waals surface area contributed by atoms with E-state index in [-0.39, 0.29) is 12.5 Å². The molecule has 0 saturated heterocycles. The van der Waals surface area contributed by atoms with Crippen LogP contribution in [0.5, 0.6) is 11.5 Å². The SMILES string of the molecule is CCOC(=O)CNc1c(-c2ccc(OC(C)=O)c(OC)c2)nc2ccc(Br)cn12. The second-order valence-electron chi connectivity index (χ2n) is 6.00. The highest BCUT2D eigenvalue weighted by Gasteiger charge is 2.18.